The third kappa shape index (κ3) is 5.42. The molecular weight excluding hydrogens is 393 g/mol. The molecule has 1 N–H and O–H groups in total. The number of rotatable bonds is 6. The second kappa shape index (κ2) is 7.79. The molecule has 1 heterocycles. The van der Waals surface area contributed by atoms with E-state index in [0.29, 0.717) is 21.6 Å². The summed E-state index contributed by atoms with van der Waals surface area (Å²) in [6.45, 7) is -0.270. The van der Waals surface area contributed by atoms with Crippen LogP contribution in [0.15, 0.2) is 24.4 Å². The monoisotopic (exact) mass is 407 g/mol. The molecule has 2 rings (SSSR count). The molecule has 1 aromatic heterocycles. The maximum absolute atomic E-state index is 11.8. The van der Waals surface area contributed by atoms with Crippen LogP contribution in [0.5, 0.6) is 0 Å². The SMILES string of the molecule is CN(CC(=O)Nc1ncc(Cc2cc(Cl)ccc2Cl)s1)S(C)(=O)=O. The Morgan fingerprint density at radius 3 is 2.75 bits per heavy atom. The summed E-state index contributed by atoms with van der Waals surface area (Å²) in [6, 6.07) is 5.22. The van der Waals surface area contributed by atoms with Crippen molar-refractivity contribution in [2.75, 3.05) is 25.2 Å². The lowest BCUT2D eigenvalue weighted by Crippen LogP contribution is -2.34. The molecule has 24 heavy (non-hydrogen) atoms. The molecule has 1 amide bonds. The molecule has 130 valence electrons. The normalized spacial score (nSPS) is 11.7. The van der Waals surface area contributed by atoms with E-state index >= 15 is 0 Å². The zero-order valence-corrected chi connectivity index (χ0v) is 16.1. The number of carbonyl (C=O) groups excluding carboxylic acids is 1. The quantitative estimate of drug-likeness (QED) is 0.797. The molecule has 10 heteroatoms. The number of aromatic nitrogens is 1. The van der Waals surface area contributed by atoms with E-state index in [1.54, 1.807) is 24.4 Å². The second-order valence-electron chi connectivity index (χ2n) is 5.11. The van der Waals surface area contributed by atoms with Crippen molar-refractivity contribution in [3.63, 3.8) is 0 Å². The summed E-state index contributed by atoms with van der Waals surface area (Å²) < 4.78 is 23.6. The lowest BCUT2D eigenvalue weighted by atomic mass is 10.1. The third-order valence-electron chi connectivity index (χ3n) is 3.10. The number of nitrogens with one attached hydrogen (secondary N) is 1. The van der Waals surface area contributed by atoms with Gasteiger partial charge in [-0.1, -0.05) is 23.2 Å². The van der Waals surface area contributed by atoms with Crippen LogP contribution in [0, 0.1) is 0 Å². The van der Waals surface area contributed by atoms with Gasteiger partial charge in [-0.05, 0) is 23.8 Å². The van der Waals surface area contributed by atoms with E-state index in [-0.39, 0.29) is 6.54 Å². The van der Waals surface area contributed by atoms with Gasteiger partial charge < -0.3 is 5.32 Å². The number of likely N-dealkylation sites (N-methyl/N-ethyl adjacent to an activating group) is 1. The van der Waals surface area contributed by atoms with E-state index < -0.39 is 15.9 Å². The second-order valence-corrected chi connectivity index (χ2v) is 9.16. The lowest BCUT2D eigenvalue weighted by Gasteiger charge is -2.12. The lowest BCUT2D eigenvalue weighted by molar-refractivity contribution is -0.116. The van der Waals surface area contributed by atoms with Gasteiger partial charge in [0.05, 0.1) is 12.8 Å². The van der Waals surface area contributed by atoms with Gasteiger partial charge in [0.15, 0.2) is 5.13 Å². The Morgan fingerprint density at radius 2 is 2.08 bits per heavy atom. The molecule has 0 fully saturated rings. The number of carbonyl (C=O) groups is 1. The zero-order valence-electron chi connectivity index (χ0n) is 12.9. The van der Waals surface area contributed by atoms with Crippen LogP contribution in [0.4, 0.5) is 5.13 Å². The first-order valence-electron chi connectivity index (χ1n) is 6.75. The highest BCUT2D eigenvalue weighted by Gasteiger charge is 2.16. The van der Waals surface area contributed by atoms with Gasteiger partial charge in [-0.2, -0.15) is 4.31 Å². The Labute approximate surface area is 154 Å². The first kappa shape index (κ1) is 19.1. The molecule has 0 radical (unpaired) electrons. The highest BCUT2D eigenvalue weighted by Crippen LogP contribution is 2.26. The average Bonchev–Trinajstić information content (AvgIpc) is 2.88. The largest absolute Gasteiger partial charge is 0.301 e. The average molecular weight is 408 g/mol. The molecule has 0 aliphatic carbocycles. The van der Waals surface area contributed by atoms with Gasteiger partial charge in [-0.25, -0.2) is 13.4 Å². The Hall–Kier alpha value is -1.19. The zero-order chi connectivity index (χ0) is 17.9. The maximum atomic E-state index is 11.8. The highest BCUT2D eigenvalue weighted by atomic mass is 35.5. The van der Waals surface area contributed by atoms with Gasteiger partial charge in [0.2, 0.25) is 15.9 Å². The van der Waals surface area contributed by atoms with E-state index in [4.69, 9.17) is 23.2 Å². The summed E-state index contributed by atoms with van der Waals surface area (Å²) in [6.07, 6.45) is 3.21. The summed E-state index contributed by atoms with van der Waals surface area (Å²) >= 11 is 13.4. The molecule has 0 aliphatic heterocycles. The highest BCUT2D eigenvalue weighted by molar-refractivity contribution is 7.88. The Bertz CT molecular complexity index is 853. The third-order valence-corrected chi connectivity index (χ3v) is 5.88. The van der Waals surface area contributed by atoms with Gasteiger partial charge in [-0.15, -0.1) is 11.3 Å². The summed E-state index contributed by atoms with van der Waals surface area (Å²) in [5.74, 6) is -0.454. The number of halogens is 2. The number of thiazole rings is 1. The Morgan fingerprint density at radius 1 is 1.38 bits per heavy atom. The predicted octanol–water partition coefficient (Wildman–Crippen LogP) is 2.87. The van der Waals surface area contributed by atoms with Crippen molar-refractivity contribution in [3.05, 3.63) is 44.9 Å². The van der Waals surface area contributed by atoms with Crippen molar-refractivity contribution in [2.45, 2.75) is 6.42 Å². The van der Waals surface area contributed by atoms with Gasteiger partial charge in [0.25, 0.3) is 0 Å². The number of hydrogen-bond donors (Lipinski definition) is 1. The van der Waals surface area contributed by atoms with E-state index in [0.717, 1.165) is 21.0 Å². The number of hydrogen-bond acceptors (Lipinski definition) is 5. The molecule has 0 spiro atoms. The van der Waals surface area contributed by atoms with Crippen LogP contribution in [0.3, 0.4) is 0 Å². The number of sulfonamides is 1. The molecule has 6 nitrogen and oxygen atoms in total. The molecule has 2 aromatic rings. The topological polar surface area (TPSA) is 79.4 Å². The van der Waals surface area contributed by atoms with Crippen molar-refractivity contribution in [3.8, 4) is 0 Å². The van der Waals surface area contributed by atoms with E-state index in [1.807, 2.05) is 0 Å². The molecule has 0 aliphatic rings. The Kier molecular flexibility index (Phi) is 6.22. The van der Waals surface area contributed by atoms with E-state index in [2.05, 4.69) is 10.3 Å². The summed E-state index contributed by atoms with van der Waals surface area (Å²) in [5, 5.41) is 4.18. The van der Waals surface area contributed by atoms with Crippen molar-refractivity contribution >= 4 is 55.6 Å². The van der Waals surface area contributed by atoms with Gasteiger partial charge >= 0.3 is 0 Å². The Balaban J connectivity index is 2.00. The van der Waals surface area contributed by atoms with E-state index in [1.165, 1.54) is 18.4 Å². The number of anilines is 1. The molecule has 1 aromatic carbocycles. The number of benzene rings is 1. The summed E-state index contributed by atoms with van der Waals surface area (Å²) in [7, 11) is -2.07. The first-order chi connectivity index (χ1) is 11.1. The van der Waals surface area contributed by atoms with Crippen molar-refractivity contribution in [2.24, 2.45) is 0 Å². The van der Waals surface area contributed by atoms with Crippen LogP contribution in [0.2, 0.25) is 10.0 Å². The smallest absolute Gasteiger partial charge is 0.241 e. The molecular formula is C14H15Cl2N3O3S2. The van der Waals surface area contributed by atoms with Crippen LogP contribution in [0.1, 0.15) is 10.4 Å². The minimum Gasteiger partial charge on any atom is -0.301 e. The van der Waals surface area contributed by atoms with Gasteiger partial charge in [0, 0.05) is 34.6 Å². The van der Waals surface area contributed by atoms with Gasteiger partial charge in [-0.3, -0.25) is 4.79 Å². The number of nitrogens with zero attached hydrogens (tertiary/aromatic N) is 2. The first-order valence-corrected chi connectivity index (χ1v) is 10.2. The van der Waals surface area contributed by atoms with Crippen LogP contribution in [-0.4, -0.2) is 43.5 Å². The molecule has 0 saturated heterocycles. The van der Waals surface area contributed by atoms with Crippen molar-refractivity contribution in [1.82, 2.24) is 9.29 Å². The van der Waals surface area contributed by atoms with E-state index in [9.17, 15) is 13.2 Å². The fourth-order valence-electron chi connectivity index (χ4n) is 1.79. The number of amides is 1. The molecule has 0 saturated carbocycles. The van der Waals surface area contributed by atoms with Crippen LogP contribution >= 0.6 is 34.5 Å². The molecule has 0 atom stereocenters. The standard InChI is InChI=1S/C14H15Cl2N3O3S2/c1-19(24(2,21)22)8-13(20)18-14-17-7-11(23-14)6-9-5-10(15)3-4-12(9)16/h3-5,7H,6,8H2,1-2H3,(H,17,18,20). The minimum absolute atomic E-state index is 0.270. The maximum Gasteiger partial charge on any atom is 0.241 e. The van der Waals surface area contributed by atoms with Crippen LogP contribution in [-0.2, 0) is 21.2 Å². The predicted molar refractivity (Wildman–Crippen MR) is 97.5 cm³/mol. The minimum atomic E-state index is -3.41. The van der Waals surface area contributed by atoms with Gasteiger partial charge in [0.1, 0.15) is 0 Å². The summed E-state index contributed by atoms with van der Waals surface area (Å²) in [5.41, 5.74) is 0.863. The van der Waals surface area contributed by atoms with Crippen molar-refractivity contribution < 1.29 is 13.2 Å². The van der Waals surface area contributed by atoms with Crippen LogP contribution in [0.25, 0.3) is 0 Å². The van der Waals surface area contributed by atoms with Crippen LogP contribution < -0.4 is 5.32 Å². The van der Waals surface area contributed by atoms with Crippen molar-refractivity contribution in [1.29, 1.82) is 0 Å². The molecule has 0 unspecified atom stereocenters. The molecule has 0 bridgehead atoms. The fourth-order valence-corrected chi connectivity index (χ4v) is 3.37. The summed E-state index contributed by atoms with van der Waals surface area (Å²) in [4.78, 5) is 16.9. The fraction of sp³-hybridized carbons (Fsp3) is 0.286.